The van der Waals surface area contributed by atoms with Crippen LogP contribution in [0.1, 0.15) is 6.92 Å². The predicted octanol–water partition coefficient (Wildman–Crippen LogP) is 1.83. The molecule has 1 radical (unpaired) electrons. The van der Waals surface area contributed by atoms with E-state index in [1.807, 2.05) is 19.1 Å². The molecule has 1 unspecified atom stereocenters. The van der Waals surface area contributed by atoms with E-state index in [4.69, 9.17) is 14.2 Å². The zero-order valence-corrected chi connectivity index (χ0v) is 7.82. The summed E-state index contributed by atoms with van der Waals surface area (Å²) in [4.78, 5) is 0. The van der Waals surface area contributed by atoms with Gasteiger partial charge in [-0.15, -0.1) is 0 Å². The minimum atomic E-state index is -0.240. The Morgan fingerprint density at radius 3 is 2.69 bits per heavy atom. The van der Waals surface area contributed by atoms with Crippen LogP contribution in [0.3, 0.4) is 0 Å². The molecule has 13 heavy (non-hydrogen) atoms. The summed E-state index contributed by atoms with van der Waals surface area (Å²) in [6.45, 7) is 2.00. The van der Waals surface area contributed by atoms with Crippen molar-refractivity contribution in [3.05, 3.63) is 30.3 Å². The zero-order valence-electron chi connectivity index (χ0n) is 7.82. The van der Waals surface area contributed by atoms with Gasteiger partial charge in [-0.3, -0.25) is 0 Å². The fourth-order valence-electron chi connectivity index (χ4n) is 0.734. The fourth-order valence-corrected chi connectivity index (χ4v) is 0.734. The topological polar surface area (TPSA) is 27.7 Å². The van der Waals surface area contributed by atoms with E-state index < -0.39 is 0 Å². The summed E-state index contributed by atoms with van der Waals surface area (Å²) in [6.07, 6.45) is -0.240. The van der Waals surface area contributed by atoms with Gasteiger partial charge in [-0.1, -0.05) is 12.1 Å². The SMILES string of the molecule is COC(C)OCOc1cc[c]cc1. The molecule has 0 spiro atoms. The zero-order chi connectivity index (χ0) is 9.52. The molecule has 0 amide bonds. The van der Waals surface area contributed by atoms with E-state index in [2.05, 4.69) is 6.07 Å². The van der Waals surface area contributed by atoms with Crippen molar-refractivity contribution in [2.45, 2.75) is 13.2 Å². The van der Waals surface area contributed by atoms with Gasteiger partial charge in [0.05, 0.1) is 0 Å². The highest BCUT2D eigenvalue weighted by molar-refractivity contribution is 5.19. The number of rotatable bonds is 5. The van der Waals surface area contributed by atoms with Gasteiger partial charge in [0.2, 0.25) is 0 Å². The molecule has 0 fully saturated rings. The second-order valence-electron chi connectivity index (χ2n) is 2.47. The normalized spacial score (nSPS) is 12.5. The molecule has 0 aliphatic heterocycles. The highest BCUT2D eigenvalue weighted by atomic mass is 16.7. The molecule has 0 saturated heterocycles. The van der Waals surface area contributed by atoms with Crippen molar-refractivity contribution in [1.82, 2.24) is 0 Å². The molecule has 0 heterocycles. The van der Waals surface area contributed by atoms with E-state index in [1.54, 1.807) is 19.2 Å². The minimum Gasteiger partial charge on any atom is -0.467 e. The van der Waals surface area contributed by atoms with E-state index in [-0.39, 0.29) is 13.1 Å². The van der Waals surface area contributed by atoms with Gasteiger partial charge in [0.1, 0.15) is 5.75 Å². The first-order chi connectivity index (χ1) is 6.33. The van der Waals surface area contributed by atoms with Gasteiger partial charge in [-0.2, -0.15) is 0 Å². The molecule has 1 aromatic carbocycles. The molecule has 0 aliphatic rings. The molecule has 0 aromatic heterocycles. The second kappa shape index (κ2) is 5.56. The van der Waals surface area contributed by atoms with Crippen LogP contribution in [0.4, 0.5) is 0 Å². The van der Waals surface area contributed by atoms with Crippen molar-refractivity contribution in [2.75, 3.05) is 13.9 Å². The molecule has 0 N–H and O–H groups in total. The number of ether oxygens (including phenoxy) is 3. The smallest absolute Gasteiger partial charge is 0.191 e. The van der Waals surface area contributed by atoms with E-state index in [0.29, 0.717) is 0 Å². The largest absolute Gasteiger partial charge is 0.467 e. The summed E-state index contributed by atoms with van der Waals surface area (Å²) in [6, 6.07) is 10.1. The molecule has 3 heteroatoms. The lowest BCUT2D eigenvalue weighted by Crippen LogP contribution is -2.14. The Morgan fingerprint density at radius 1 is 1.38 bits per heavy atom. The van der Waals surface area contributed by atoms with E-state index in [0.717, 1.165) is 5.75 Å². The third-order valence-electron chi connectivity index (χ3n) is 1.55. The molecular weight excluding hydrogens is 168 g/mol. The predicted molar refractivity (Wildman–Crippen MR) is 48.3 cm³/mol. The first-order valence-electron chi connectivity index (χ1n) is 4.06. The quantitative estimate of drug-likeness (QED) is 0.648. The molecule has 71 valence electrons. The highest BCUT2D eigenvalue weighted by Crippen LogP contribution is 2.07. The highest BCUT2D eigenvalue weighted by Gasteiger charge is 1.97. The summed E-state index contributed by atoms with van der Waals surface area (Å²) < 4.78 is 15.3. The maximum Gasteiger partial charge on any atom is 0.191 e. The van der Waals surface area contributed by atoms with Gasteiger partial charge < -0.3 is 14.2 Å². The summed E-state index contributed by atoms with van der Waals surface area (Å²) in [5, 5.41) is 0. The van der Waals surface area contributed by atoms with Crippen molar-refractivity contribution in [2.24, 2.45) is 0 Å². The fraction of sp³-hybridized carbons (Fsp3) is 0.400. The molecule has 1 rings (SSSR count). The van der Waals surface area contributed by atoms with Gasteiger partial charge in [0.25, 0.3) is 0 Å². The van der Waals surface area contributed by atoms with Crippen molar-refractivity contribution in [1.29, 1.82) is 0 Å². The van der Waals surface area contributed by atoms with Crippen LogP contribution in [-0.2, 0) is 9.47 Å². The van der Waals surface area contributed by atoms with E-state index in [1.165, 1.54) is 0 Å². The molecule has 0 aliphatic carbocycles. The number of hydrogen-bond acceptors (Lipinski definition) is 3. The lowest BCUT2D eigenvalue weighted by Gasteiger charge is -2.11. The van der Waals surface area contributed by atoms with E-state index >= 15 is 0 Å². The van der Waals surface area contributed by atoms with Crippen LogP contribution in [0.15, 0.2) is 24.3 Å². The van der Waals surface area contributed by atoms with Crippen LogP contribution in [0.25, 0.3) is 0 Å². The molecule has 3 nitrogen and oxygen atoms in total. The first-order valence-corrected chi connectivity index (χ1v) is 4.06. The Hall–Kier alpha value is -1.06. The monoisotopic (exact) mass is 181 g/mol. The Balaban J connectivity index is 2.20. The maximum atomic E-state index is 5.26. The van der Waals surface area contributed by atoms with Crippen LogP contribution in [-0.4, -0.2) is 20.2 Å². The van der Waals surface area contributed by atoms with Crippen LogP contribution in [0, 0.1) is 6.07 Å². The standard InChI is InChI=1S/C10H13O3/c1-9(11-2)12-8-13-10-6-4-3-5-7-10/h4-7,9H,8H2,1-2H3. The van der Waals surface area contributed by atoms with Crippen LogP contribution in [0.5, 0.6) is 5.75 Å². The molecule has 0 bridgehead atoms. The summed E-state index contributed by atoms with van der Waals surface area (Å²) >= 11 is 0. The van der Waals surface area contributed by atoms with Gasteiger partial charge in [0, 0.05) is 7.11 Å². The van der Waals surface area contributed by atoms with Crippen LogP contribution in [0.2, 0.25) is 0 Å². The third kappa shape index (κ3) is 3.92. The lowest BCUT2D eigenvalue weighted by molar-refractivity contribution is -0.149. The summed E-state index contributed by atoms with van der Waals surface area (Å²) in [5.41, 5.74) is 0. The van der Waals surface area contributed by atoms with E-state index in [9.17, 15) is 0 Å². The molecule has 1 aromatic rings. The van der Waals surface area contributed by atoms with Crippen LogP contribution < -0.4 is 4.74 Å². The Morgan fingerprint density at radius 2 is 2.08 bits per heavy atom. The van der Waals surface area contributed by atoms with Gasteiger partial charge >= 0.3 is 0 Å². The van der Waals surface area contributed by atoms with Crippen molar-refractivity contribution in [3.8, 4) is 5.75 Å². The van der Waals surface area contributed by atoms with Crippen molar-refractivity contribution in [3.63, 3.8) is 0 Å². The third-order valence-corrected chi connectivity index (χ3v) is 1.55. The molecular formula is C10H13O3. The average molecular weight is 181 g/mol. The van der Waals surface area contributed by atoms with Crippen molar-refractivity contribution < 1.29 is 14.2 Å². The van der Waals surface area contributed by atoms with Crippen molar-refractivity contribution >= 4 is 0 Å². The Bertz CT molecular complexity index is 223. The number of methoxy groups -OCH3 is 1. The Kier molecular flexibility index (Phi) is 4.29. The number of benzene rings is 1. The average Bonchev–Trinajstić information content (AvgIpc) is 2.19. The summed E-state index contributed by atoms with van der Waals surface area (Å²) in [7, 11) is 1.59. The van der Waals surface area contributed by atoms with Gasteiger partial charge in [-0.05, 0) is 25.1 Å². The van der Waals surface area contributed by atoms with Crippen LogP contribution >= 0.6 is 0 Å². The van der Waals surface area contributed by atoms with Gasteiger partial charge in [0.15, 0.2) is 13.1 Å². The first kappa shape index (κ1) is 10.0. The molecule has 0 saturated carbocycles. The minimum absolute atomic E-state index is 0.193. The lowest BCUT2D eigenvalue weighted by atomic mass is 10.3. The Labute approximate surface area is 78.2 Å². The summed E-state index contributed by atoms with van der Waals surface area (Å²) in [5.74, 6) is 0.766. The second-order valence-corrected chi connectivity index (χ2v) is 2.47. The number of hydrogen-bond donors (Lipinski definition) is 0. The maximum absolute atomic E-state index is 5.26. The molecule has 1 atom stereocenters. The van der Waals surface area contributed by atoms with Gasteiger partial charge in [-0.25, -0.2) is 0 Å².